The van der Waals surface area contributed by atoms with Crippen LogP contribution in [0.2, 0.25) is 0 Å². The molecule has 1 aliphatic rings. The molecule has 1 saturated heterocycles. The van der Waals surface area contributed by atoms with Gasteiger partial charge in [0.05, 0.1) is 12.5 Å². The van der Waals surface area contributed by atoms with Crippen molar-refractivity contribution >= 4 is 17.2 Å². The molecule has 0 bridgehead atoms. The van der Waals surface area contributed by atoms with E-state index in [4.69, 9.17) is 4.52 Å². The number of likely N-dealkylation sites (tertiary alicyclic amines) is 1. The van der Waals surface area contributed by atoms with E-state index in [1.807, 2.05) is 36.4 Å². The second-order valence-corrected chi connectivity index (χ2v) is 8.13. The fourth-order valence-corrected chi connectivity index (χ4v) is 4.55. The Bertz CT molecular complexity index is 870. The zero-order valence-electron chi connectivity index (χ0n) is 15.8. The number of thiophene rings is 1. The maximum atomic E-state index is 12.5. The minimum atomic E-state index is -0.0330. The van der Waals surface area contributed by atoms with Gasteiger partial charge in [0, 0.05) is 23.1 Å². The van der Waals surface area contributed by atoms with Crippen LogP contribution in [0.5, 0.6) is 0 Å². The van der Waals surface area contributed by atoms with Crippen molar-refractivity contribution in [3.05, 3.63) is 64.5 Å². The van der Waals surface area contributed by atoms with Crippen LogP contribution in [0.25, 0.3) is 11.3 Å². The number of hydrogen-bond acceptors (Lipinski definition) is 5. The average molecular weight is 396 g/mol. The number of hydrogen-bond donors (Lipinski definition) is 1. The van der Waals surface area contributed by atoms with Gasteiger partial charge in [-0.15, -0.1) is 11.3 Å². The first-order chi connectivity index (χ1) is 13.8. The van der Waals surface area contributed by atoms with Crippen molar-refractivity contribution < 1.29 is 9.32 Å². The van der Waals surface area contributed by atoms with Crippen molar-refractivity contribution in [1.29, 1.82) is 0 Å². The van der Waals surface area contributed by atoms with Crippen LogP contribution in [0.1, 0.15) is 35.9 Å². The van der Waals surface area contributed by atoms with Crippen LogP contribution < -0.4 is 5.32 Å². The number of nitrogens with one attached hydrogen (secondary N) is 1. The average Bonchev–Trinajstić information content (AvgIpc) is 3.42. The Kier molecular flexibility index (Phi) is 6.19. The van der Waals surface area contributed by atoms with Gasteiger partial charge in [0.15, 0.2) is 0 Å². The van der Waals surface area contributed by atoms with Crippen LogP contribution in [0.15, 0.2) is 58.4 Å². The fourth-order valence-electron chi connectivity index (χ4n) is 3.69. The van der Waals surface area contributed by atoms with Crippen molar-refractivity contribution in [2.45, 2.75) is 31.7 Å². The molecule has 28 heavy (non-hydrogen) atoms. The van der Waals surface area contributed by atoms with Crippen molar-refractivity contribution in [3.63, 3.8) is 0 Å². The van der Waals surface area contributed by atoms with Crippen LogP contribution in [0.4, 0.5) is 0 Å². The summed E-state index contributed by atoms with van der Waals surface area (Å²) < 4.78 is 5.37. The Hall–Kier alpha value is -2.44. The smallest absolute Gasteiger partial charge is 0.227 e. The topological polar surface area (TPSA) is 58.4 Å². The van der Waals surface area contributed by atoms with E-state index in [0.717, 1.165) is 24.3 Å². The van der Waals surface area contributed by atoms with Crippen LogP contribution in [-0.4, -0.2) is 35.6 Å². The minimum Gasteiger partial charge on any atom is -0.360 e. The van der Waals surface area contributed by atoms with Crippen molar-refractivity contribution in [2.75, 3.05) is 19.6 Å². The number of nitrogens with zero attached hydrogens (tertiary/aromatic N) is 2. The lowest BCUT2D eigenvalue weighted by Gasteiger charge is -2.34. The first-order valence-corrected chi connectivity index (χ1v) is 10.7. The highest BCUT2D eigenvalue weighted by Gasteiger charge is 2.23. The summed E-state index contributed by atoms with van der Waals surface area (Å²) in [6, 6.07) is 16.2. The molecule has 2 aromatic heterocycles. The highest BCUT2D eigenvalue weighted by atomic mass is 32.1. The largest absolute Gasteiger partial charge is 0.360 e. The van der Waals surface area contributed by atoms with E-state index in [9.17, 15) is 4.79 Å². The quantitative estimate of drug-likeness (QED) is 0.648. The summed E-state index contributed by atoms with van der Waals surface area (Å²) in [6.45, 7) is 2.82. The molecule has 1 aliphatic heterocycles. The van der Waals surface area contributed by atoms with Gasteiger partial charge in [0.1, 0.15) is 11.5 Å². The molecule has 0 saturated carbocycles. The Morgan fingerprint density at radius 2 is 1.96 bits per heavy atom. The van der Waals surface area contributed by atoms with Gasteiger partial charge in [-0.25, -0.2) is 0 Å². The van der Waals surface area contributed by atoms with Crippen molar-refractivity contribution in [3.8, 4) is 11.3 Å². The monoisotopic (exact) mass is 395 g/mol. The van der Waals surface area contributed by atoms with Gasteiger partial charge in [-0.3, -0.25) is 9.69 Å². The number of piperidine rings is 1. The number of rotatable bonds is 7. The summed E-state index contributed by atoms with van der Waals surface area (Å²) in [5.41, 5.74) is 1.74. The number of carbonyl (C=O) groups excluding carboxylic acids is 1. The van der Waals surface area contributed by atoms with Gasteiger partial charge < -0.3 is 9.84 Å². The molecular weight excluding hydrogens is 370 g/mol. The van der Waals surface area contributed by atoms with E-state index in [-0.39, 0.29) is 18.4 Å². The Balaban J connectivity index is 1.35. The third-order valence-electron chi connectivity index (χ3n) is 5.16. The minimum absolute atomic E-state index is 0.0330. The number of carbonyl (C=O) groups is 1. The lowest BCUT2D eigenvalue weighted by Crippen LogP contribution is -2.40. The van der Waals surface area contributed by atoms with E-state index >= 15 is 0 Å². The molecule has 1 aromatic carbocycles. The Morgan fingerprint density at radius 3 is 2.71 bits per heavy atom. The lowest BCUT2D eigenvalue weighted by atomic mass is 10.1. The summed E-state index contributed by atoms with van der Waals surface area (Å²) in [5, 5.41) is 9.30. The van der Waals surface area contributed by atoms with E-state index in [2.05, 4.69) is 32.9 Å². The maximum Gasteiger partial charge on any atom is 0.227 e. The molecule has 0 radical (unpaired) electrons. The second-order valence-electron chi connectivity index (χ2n) is 7.15. The standard InChI is InChI=1S/C22H25N3O2S/c26-22(15-18-14-19(24-27-18)17-8-3-1-4-9-17)23-16-20(21-10-7-13-28-21)25-11-5-2-6-12-25/h1,3-4,7-10,13-14,20H,2,5-6,11-12,15-16H2,(H,23,26). The van der Waals surface area contributed by atoms with Crippen LogP contribution in [-0.2, 0) is 11.2 Å². The Labute approximate surface area is 169 Å². The van der Waals surface area contributed by atoms with Gasteiger partial charge in [-0.2, -0.15) is 0 Å². The summed E-state index contributed by atoms with van der Waals surface area (Å²) >= 11 is 1.76. The van der Waals surface area contributed by atoms with Gasteiger partial charge >= 0.3 is 0 Å². The summed E-state index contributed by atoms with van der Waals surface area (Å²) in [5.74, 6) is 0.552. The fraction of sp³-hybridized carbons (Fsp3) is 0.364. The molecular formula is C22H25N3O2S. The molecule has 4 rings (SSSR count). The van der Waals surface area contributed by atoms with Crippen LogP contribution >= 0.6 is 11.3 Å². The summed E-state index contributed by atoms with van der Waals surface area (Å²) in [6.07, 6.45) is 3.97. The van der Waals surface area contributed by atoms with Gasteiger partial charge in [-0.05, 0) is 37.4 Å². The molecule has 1 amide bonds. The molecule has 1 fully saturated rings. The molecule has 6 heteroatoms. The third kappa shape index (κ3) is 4.69. The SMILES string of the molecule is O=C(Cc1cc(-c2ccccc2)no1)NCC(c1cccs1)N1CCCCC1. The molecule has 0 spiro atoms. The first-order valence-electron chi connectivity index (χ1n) is 9.85. The highest BCUT2D eigenvalue weighted by Crippen LogP contribution is 2.27. The lowest BCUT2D eigenvalue weighted by molar-refractivity contribution is -0.121. The molecule has 146 valence electrons. The highest BCUT2D eigenvalue weighted by molar-refractivity contribution is 7.10. The number of amides is 1. The maximum absolute atomic E-state index is 12.5. The van der Waals surface area contributed by atoms with Gasteiger partial charge in [-0.1, -0.05) is 48.0 Å². The van der Waals surface area contributed by atoms with Crippen molar-refractivity contribution in [2.24, 2.45) is 0 Å². The van der Waals surface area contributed by atoms with E-state index in [1.165, 1.54) is 24.1 Å². The predicted octanol–water partition coefficient (Wildman–Crippen LogP) is 4.29. The zero-order chi connectivity index (χ0) is 19.2. The van der Waals surface area contributed by atoms with Gasteiger partial charge in [0.25, 0.3) is 0 Å². The molecule has 5 nitrogen and oxygen atoms in total. The van der Waals surface area contributed by atoms with Crippen molar-refractivity contribution in [1.82, 2.24) is 15.4 Å². The molecule has 3 aromatic rings. The second kappa shape index (κ2) is 9.17. The number of benzene rings is 1. The van der Waals surface area contributed by atoms with E-state index in [0.29, 0.717) is 12.3 Å². The van der Waals surface area contributed by atoms with E-state index < -0.39 is 0 Å². The molecule has 3 heterocycles. The first kappa shape index (κ1) is 18.9. The Morgan fingerprint density at radius 1 is 1.14 bits per heavy atom. The predicted molar refractivity (Wildman–Crippen MR) is 111 cm³/mol. The third-order valence-corrected chi connectivity index (χ3v) is 6.13. The summed E-state index contributed by atoms with van der Waals surface area (Å²) in [4.78, 5) is 16.3. The normalized spacial score (nSPS) is 16.0. The molecule has 1 N–H and O–H groups in total. The molecule has 1 atom stereocenters. The van der Waals surface area contributed by atoms with Gasteiger partial charge in [0.2, 0.25) is 5.91 Å². The molecule has 0 aliphatic carbocycles. The van der Waals surface area contributed by atoms with E-state index in [1.54, 1.807) is 11.3 Å². The molecule has 1 unspecified atom stereocenters. The van der Waals surface area contributed by atoms with Crippen LogP contribution in [0, 0.1) is 0 Å². The van der Waals surface area contributed by atoms with Crippen LogP contribution in [0.3, 0.4) is 0 Å². The number of aromatic nitrogens is 1. The zero-order valence-corrected chi connectivity index (χ0v) is 16.7. The summed E-state index contributed by atoms with van der Waals surface area (Å²) in [7, 11) is 0.